The van der Waals surface area contributed by atoms with Gasteiger partial charge in [0.25, 0.3) is 5.91 Å². The van der Waals surface area contributed by atoms with E-state index < -0.39 is 11.9 Å². The summed E-state index contributed by atoms with van der Waals surface area (Å²) in [5.41, 5.74) is 2.26. The summed E-state index contributed by atoms with van der Waals surface area (Å²) < 4.78 is 13.4. The van der Waals surface area contributed by atoms with Crippen molar-refractivity contribution in [2.45, 2.75) is 6.10 Å². The molecule has 134 valence electrons. The summed E-state index contributed by atoms with van der Waals surface area (Å²) in [5, 5.41) is 23.4. The van der Waals surface area contributed by atoms with Crippen molar-refractivity contribution in [1.82, 2.24) is 15.2 Å². The van der Waals surface area contributed by atoms with Crippen molar-refractivity contribution in [2.75, 3.05) is 17.2 Å². The molecule has 0 aliphatic heterocycles. The van der Waals surface area contributed by atoms with Gasteiger partial charge in [0, 0.05) is 12.7 Å². The molecule has 3 aromatic rings. The van der Waals surface area contributed by atoms with E-state index in [1.54, 1.807) is 18.2 Å². The van der Waals surface area contributed by atoms with Crippen LogP contribution in [-0.4, -0.2) is 32.7 Å². The molecular formula is C16H13ClFN5O2S. The van der Waals surface area contributed by atoms with Gasteiger partial charge in [0.15, 0.2) is 0 Å². The Labute approximate surface area is 156 Å². The van der Waals surface area contributed by atoms with Gasteiger partial charge in [0.1, 0.15) is 17.1 Å². The van der Waals surface area contributed by atoms with Gasteiger partial charge in [0.05, 0.1) is 16.7 Å². The molecule has 3 N–H and O–H groups in total. The molecule has 0 bridgehead atoms. The quantitative estimate of drug-likeness (QED) is 0.595. The summed E-state index contributed by atoms with van der Waals surface area (Å²) in [7, 11) is 0. The van der Waals surface area contributed by atoms with Crippen LogP contribution in [0.4, 0.5) is 15.3 Å². The molecule has 0 fully saturated rings. The predicted molar refractivity (Wildman–Crippen MR) is 97.0 cm³/mol. The van der Waals surface area contributed by atoms with Gasteiger partial charge in [-0.05, 0) is 29.8 Å². The fraction of sp³-hybridized carbons (Fsp3) is 0.125. The van der Waals surface area contributed by atoms with Crippen LogP contribution < -0.4 is 10.6 Å². The first-order valence-corrected chi connectivity index (χ1v) is 8.69. The number of hydrogen-bond acceptors (Lipinski definition) is 7. The number of halogens is 2. The van der Waals surface area contributed by atoms with E-state index in [2.05, 4.69) is 25.8 Å². The minimum absolute atomic E-state index is 0.00188. The number of carbonyl (C=O) groups excluding carboxylic acids is 1. The highest BCUT2D eigenvalue weighted by Crippen LogP contribution is 2.20. The molecule has 1 atom stereocenters. The Morgan fingerprint density at radius 3 is 2.85 bits per heavy atom. The molecular weight excluding hydrogens is 381 g/mol. The number of aliphatic hydroxyl groups excluding tert-OH is 1. The molecule has 7 nitrogen and oxygen atoms in total. The first-order chi connectivity index (χ1) is 12.5. The summed E-state index contributed by atoms with van der Waals surface area (Å²) in [4.78, 5) is 16.1. The molecule has 0 aliphatic carbocycles. The summed E-state index contributed by atoms with van der Waals surface area (Å²) >= 11 is 6.83. The average molecular weight is 394 g/mol. The zero-order valence-corrected chi connectivity index (χ0v) is 14.8. The fourth-order valence-electron chi connectivity index (χ4n) is 2.07. The Kier molecular flexibility index (Phi) is 5.71. The normalized spacial score (nSPS) is 11.8. The molecule has 10 heteroatoms. The van der Waals surface area contributed by atoms with Gasteiger partial charge in [-0.2, -0.15) is 0 Å². The average Bonchev–Trinajstić information content (AvgIpc) is 3.15. The van der Waals surface area contributed by atoms with Crippen molar-refractivity contribution in [3.05, 3.63) is 64.0 Å². The lowest BCUT2D eigenvalue weighted by molar-refractivity contribution is 0.102. The monoisotopic (exact) mass is 393 g/mol. The first kappa shape index (κ1) is 18.2. The van der Waals surface area contributed by atoms with Crippen molar-refractivity contribution >= 4 is 39.8 Å². The number of amides is 1. The third-order valence-electron chi connectivity index (χ3n) is 3.41. The van der Waals surface area contributed by atoms with Crippen LogP contribution in [0.1, 0.15) is 22.0 Å². The molecule has 0 saturated carbocycles. The highest BCUT2D eigenvalue weighted by Gasteiger charge is 2.12. The van der Waals surface area contributed by atoms with Crippen LogP contribution >= 0.6 is 22.9 Å². The molecule has 0 aliphatic rings. The largest absolute Gasteiger partial charge is 0.387 e. The second kappa shape index (κ2) is 8.17. The lowest BCUT2D eigenvalue weighted by atomic mass is 10.1. The maximum absolute atomic E-state index is 13.4. The van der Waals surface area contributed by atoms with Crippen molar-refractivity contribution in [3.8, 4) is 0 Å². The number of aliphatic hydroxyl groups is 1. The van der Waals surface area contributed by atoms with E-state index in [0.29, 0.717) is 22.1 Å². The summed E-state index contributed by atoms with van der Waals surface area (Å²) in [6.07, 6.45) is 0.455. The number of benzene rings is 1. The maximum atomic E-state index is 13.4. The Morgan fingerprint density at radius 1 is 1.35 bits per heavy atom. The third-order valence-corrected chi connectivity index (χ3v) is 4.32. The fourth-order valence-corrected chi connectivity index (χ4v) is 2.63. The van der Waals surface area contributed by atoms with E-state index in [1.807, 2.05) is 0 Å². The standard InChI is InChI=1S/C16H13ClFN5O2S/c17-11-3-1-9(5-12(11)18)13(24)7-20-14-4-2-10(6-19-14)15(25)22-16-23-21-8-26-16/h1-6,8,13,24H,7H2,(H,19,20)(H,22,23,25). The Morgan fingerprint density at radius 2 is 2.19 bits per heavy atom. The molecule has 1 amide bonds. The topological polar surface area (TPSA) is 100 Å². The van der Waals surface area contributed by atoms with Crippen molar-refractivity contribution in [1.29, 1.82) is 0 Å². The van der Waals surface area contributed by atoms with Crippen LogP contribution in [0.3, 0.4) is 0 Å². The number of carbonyl (C=O) groups is 1. The highest BCUT2D eigenvalue weighted by atomic mass is 35.5. The SMILES string of the molecule is O=C(Nc1nncs1)c1ccc(NCC(O)c2ccc(Cl)c(F)c2)nc1. The second-order valence-corrected chi connectivity index (χ2v) is 6.44. The van der Waals surface area contributed by atoms with E-state index >= 15 is 0 Å². The minimum Gasteiger partial charge on any atom is -0.387 e. The van der Waals surface area contributed by atoms with Gasteiger partial charge >= 0.3 is 0 Å². The number of hydrogen-bond donors (Lipinski definition) is 3. The maximum Gasteiger partial charge on any atom is 0.259 e. The number of nitrogens with zero attached hydrogens (tertiary/aromatic N) is 3. The molecule has 3 rings (SSSR count). The van der Waals surface area contributed by atoms with Gasteiger partial charge in [0.2, 0.25) is 5.13 Å². The van der Waals surface area contributed by atoms with Crippen LogP contribution in [0.2, 0.25) is 5.02 Å². The van der Waals surface area contributed by atoms with Crippen LogP contribution in [-0.2, 0) is 0 Å². The van der Waals surface area contributed by atoms with Crippen LogP contribution in [0.25, 0.3) is 0 Å². The smallest absolute Gasteiger partial charge is 0.259 e. The lowest BCUT2D eigenvalue weighted by Gasteiger charge is -2.13. The van der Waals surface area contributed by atoms with Crippen molar-refractivity contribution in [3.63, 3.8) is 0 Å². The summed E-state index contributed by atoms with van der Waals surface area (Å²) in [6.45, 7) is 0.115. The van der Waals surface area contributed by atoms with E-state index in [4.69, 9.17) is 11.6 Å². The number of nitrogens with one attached hydrogen (secondary N) is 2. The Bertz CT molecular complexity index is 892. The van der Waals surface area contributed by atoms with Gasteiger partial charge in [-0.25, -0.2) is 9.37 Å². The number of rotatable bonds is 6. The predicted octanol–water partition coefficient (Wildman–Crippen LogP) is 3.12. The van der Waals surface area contributed by atoms with Gasteiger partial charge in [-0.3, -0.25) is 10.1 Å². The molecule has 1 aromatic carbocycles. The summed E-state index contributed by atoms with van der Waals surface area (Å²) in [6, 6.07) is 7.30. The minimum atomic E-state index is -0.941. The molecule has 2 aromatic heterocycles. The lowest BCUT2D eigenvalue weighted by Crippen LogP contribution is -2.15. The summed E-state index contributed by atoms with van der Waals surface area (Å²) in [5.74, 6) is -0.476. The first-order valence-electron chi connectivity index (χ1n) is 7.43. The van der Waals surface area contributed by atoms with Gasteiger partial charge in [-0.1, -0.05) is 29.0 Å². The molecule has 0 radical (unpaired) electrons. The molecule has 2 heterocycles. The van der Waals surface area contributed by atoms with Crippen LogP contribution in [0.5, 0.6) is 0 Å². The Balaban J connectivity index is 1.57. The highest BCUT2D eigenvalue weighted by molar-refractivity contribution is 7.13. The molecule has 26 heavy (non-hydrogen) atoms. The van der Waals surface area contributed by atoms with E-state index in [9.17, 15) is 14.3 Å². The molecule has 0 saturated heterocycles. The van der Waals surface area contributed by atoms with Gasteiger partial charge in [-0.15, -0.1) is 10.2 Å². The van der Waals surface area contributed by atoms with Crippen LogP contribution in [0, 0.1) is 5.82 Å². The Hall–Kier alpha value is -2.62. The van der Waals surface area contributed by atoms with Gasteiger partial charge < -0.3 is 10.4 Å². The van der Waals surface area contributed by atoms with Crippen molar-refractivity contribution < 1.29 is 14.3 Å². The zero-order valence-electron chi connectivity index (χ0n) is 13.2. The number of anilines is 2. The van der Waals surface area contributed by atoms with E-state index in [1.165, 1.54) is 35.2 Å². The number of aromatic nitrogens is 3. The second-order valence-electron chi connectivity index (χ2n) is 5.20. The van der Waals surface area contributed by atoms with Crippen molar-refractivity contribution in [2.24, 2.45) is 0 Å². The zero-order chi connectivity index (χ0) is 18.5. The molecule has 1 unspecified atom stereocenters. The molecule has 0 spiro atoms. The number of pyridine rings is 1. The van der Waals surface area contributed by atoms with E-state index in [0.717, 1.165) is 0 Å². The third kappa shape index (κ3) is 4.51. The van der Waals surface area contributed by atoms with Crippen LogP contribution in [0.15, 0.2) is 42.0 Å². The van der Waals surface area contributed by atoms with E-state index in [-0.39, 0.29) is 17.5 Å².